The fourth-order valence-corrected chi connectivity index (χ4v) is 1.69. The lowest BCUT2D eigenvalue weighted by atomic mass is 10.3. The summed E-state index contributed by atoms with van der Waals surface area (Å²) in [5, 5.41) is 3.11. The molecule has 0 spiro atoms. The first kappa shape index (κ1) is 13.8. The number of aromatic nitrogens is 1. The lowest BCUT2D eigenvalue weighted by Crippen LogP contribution is -2.18. The van der Waals surface area contributed by atoms with Crippen LogP contribution in [0.5, 0.6) is 0 Å². The molecular weight excluding hydrogens is 268 g/mol. The second-order valence-electron chi connectivity index (χ2n) is 4.09. The minimum atomic E-state index is -0.284. The number of amides is 1. The van der Waals surface area contributed by atoms with Crippen molar-refractivity contribution in [1.82, 2.24) is 4.98 Å². The molecule has 1 amide bonds. The average Bonchev–Trinajstić information content (AvgIpc) is 2.76. The Labute approximate surface area is 115 Å². The Morgan fingerprint density at radius 2 is 2.37 bits per heavy atom. The first-order chi connectivity index (χ1) is 9.19. The zero-order valence-electron chi connectivity index (χ0n) is 10.6. The lowest BCUT2D eigenvalue weighted by molar-refractivity contribution is -0.120. The molecular formula is C13H15ClN2O3. The van der Waals surface area contributed by atoms with Crippen LogP contribution in [0.3, 0.4) is 0 Å². The van der Waals surface area contributed by atoms with E-state index in [-0.39, 0.29) is 18.5 Å². The molecule has 0 bridgehead atoms. The summed E-state index contributed by atoms with van der Waals surface area (Å²) in [6, 6.07) is 5.24. The molecule has 0 saturated carbocycles. The molecule has 1 heterocycles. The summed E-state index contributed by atoms with van der Waals surface area (Å²) >= 11 is 5.84. The van der Waals surface area contributed by atoms with Crippen molar-refractivity contribution >= 4 is 34.6 Å². The second-order valence-corrected chi connectivity index (χ2v) is 4.52. The maximum Gasteiger partial charge on any atom is 0.302 e. The third kappa shape index (κ3) is 3.94. The third-order valence-electron chi connectivity index (χ3n) is 2.47. The molecule has 102 valence electrons. The number of oxazole rings is 1. The number of carbonyl (C=O) groups is 1. The number of hydrogen-bond acceptors (Lipinski definition) is 4. The predicted octanol–water partition coefficient (Wildman–Crippen LogP) is 3.24. The van der Waals surface area contributed by atoms with Crippen molar-refractivity contribution in [3.05, 3.63) is 23.2 Å². The highest BCUT2D eigenvalue weighted by atomic mass is 35.5. The first-order valence-corrected chi connectivity index (χ1v) is 6.50. The van der Waals surface area contributed by atoms with Gasteiger partial charge in [-0.25, -0.2) is 0 Å². The van der Waals surface area contributed by atoms with Gasteiger partial charge in [0.25, 0.3) is 5.91 Å². The molecule has 1 aromatic heterocycles. The number of unbranched alkanes of at least 4 members (excludes halogenated alkanes) is 1. The van der Waals surface area contributed by atoms with E-state index in [1.54, 1.807) is 18.2 Å². The Morgan fingerprint density at radius 3 is 3.16 bits per heavy atom. The van der Waals surface area contributed by atoms with Gasteiger partial charge in [0.2, 0.25) is 0 Å². The highest BCUT2D eigenvalue weighted by molar-refractivity contribution is 6.31. The van der Waals surface area contributed by atoms with Crippen LogP contribution in [-0.2, 0) is 9.53 Å². The summed E-state index contributed by atoms with van der Waals surface area (Å²) < 4.78 is 10.6. The molecule has 0 aliphatic rings. The Balaban J connectivity index is 1.91. The molecule has 0 saturated heterocycles. The number of nitrogens with one attached hydrogen (secondary N) is 1. The van der Waals surface area contributed by atoms with Gasteiger partial charge >= 0.3 is 6.01 Å². The van der Waals surface area contributed by atoms with Crippen LogP contribution in [-0.4, -0.2) is 24.1 Å². The zero-order valence-corrected chi connectivity index (χ0v) is 11.4. The lowest BCUT2D eigenvalue weighted by Gasteiger charge is -2.02. The van der Waals surface area contributed by atoms with Gasteiger partial charge in [-0.05, 0) is 24.6 Å². The fraction of sp³-hybridized carbons (Fsp3) is 0.385. The summed E-state index contributed by atoms with van der Waals surface area (Å²) in [4.78, 5) is 15.7. The Morgan fingerprint density at radius 1 is 1.53 bits per heavy atom. The van der Waals surface area contributed by atoms with Gasteiger partial charge in [0.1, 0.15) is 12.1 Å². The quantitative estimate of drug-likeness (QED) is 0.826. The molecule has 0 radical (unpaired) electrons. The molecule has 0 unspecified atom stereocenters. The molecule has 2 aromatic rings. The molecule has 19 heavy (non-hydrogen) atoms. The van der Waals surface area contributed by atoms with Crippen molar-refractivity contribution in [1.29, 1.82) is 0 Å². The normalized spacial score (nSPS) is 10.8. The highest BCUT2D eigenvalue weighted by Crippen LogP contribution is 2.22. The number of hydrogen-bond donors (Lipinski definition) is 1. The maximum atomic E-state index is 11.6. The minimum Gasteiger partial charge on any atom is -0.423 e. The Kier molecular flexibility index (Phi) is 4.76. The Hall–Kier alpha value is -1.59. The van der Waals surface area contributed by atoms with Crippen molar-refractivity contribution in [2.75, 3.05) is 18.5 Å². The van der Waals surface area contributed by atoms with Crippen LogP contribution < -0.4 is 5.32 Å². The van der Waals surface area contributed by atoms with Crippen molar-refractivity contribution in [2.24, 2.45) is 0 Å². The third-order valence-corrected chi connectivity index (χ3v) is 2.71. The molecule has 0 aliphatic heterocycles. The zero-order chi connectivity index (χ0) is 13.7. The Bertz CT molecular complexity index is 568. The van der Waals surface area contributed by atoms with E-state index in [9.17, 15) is 4.79 Å². The summed E-state index contributed by atoms with van der Waals surface area (Å²) in [6.45, 7) is 2.64. The second kappa shape index (κ2) is 6.54. The molecule has 0 atom stereocenters. The summed E-state index contributed by atoms with van der Waals surface area (Å²) in [6.07, 6.45) is 1.97. The number of carbonyl (C=O) groups excluding carboxylic acids is 1. The molecule has 0 fully saturated rings. The van der Waals surface area contributed by atoms with Crippen molar-refractivity contribution in [3.8, 4) is 0 Å². The van der Waals surface area contributed by atoms with E-state index in [0.29, 0.717) is 22.7 Å². The minimum absolute atomic E-state index is 0.000514. The number of fused-ring (bicyclic) bond motifs is 1. The number of ether oxygens (including phenoxy) is 1. The number of benzene rings is 1. The van der Waals surface area contributed by atoms with Crippen LogP contribution in [0.1, 0.15) is 19.8 Å². The number of anilines is 1. The highest BCUT2D eigenvalue weighted by Gasteiger charge is 2.09. The van der Waals surface area contributed by atoms with Gasteiger partial charge in [-0.1, -0.05) is 24.9 Å². The van der Waals surface area contributed by atoms with E-state index in [2.05, 4.69) is 17.2 Å². The van der Waals surface area contributed by atoms with E-state index < -0.39 is 0 Å². The van der Waals surface area contributed by atoms with Crippen molar-refractivity contribution in [3.63, 3.8) is 0 Å². The number of halogens is 1. The van der Waals surface area contributed by atoms with Crippen LogP contribution in [0.25, 0.3) is 11.1 Å². The summed E-state index contributed by atoms with van der Waals surface area (Å²) in [5.74, 6) is -0.284. The average molecular weight is 283 g/mol. The first-order valence-electron chi connectivity index (χ1n) is 6.12. The van der Waals surface area contributed by atoms with Crippen LogP contribution in [0.15, 0.2) is 22.6 Å². The van der Waals surface area contributed by atoms with Gasteiger partial charge in [-0.3, -0.25) is 10.1 Å². The molecule has 1 aromatic carbocycles. The molecule has 0 aliphatic carbocycles. The van der Waals surface area contributed by atoms with Gasteiger partial charge < -0.3 is 9.15 Å². The maximum absolute atomic E-state index is 11.6. The predicted molar refractivity (Wildman–Crippen MR) is 73.4 cm³/mol. The number of nitrogens with zero attached hydrogens (tertiary/aromatic N) is 1. The van der Waals surface area contributed by atoms with E-state index in [1.807, 2.05) is 0 Å². The van der Waals surface area contributed by atoms with Crippen LogP contribution in [0.4, 0.5) is 6.01 Å². The summed E-state index contributed by atoms with van der Waals surface area (Å²) in [5.41, 5.74) is 1.18. The van der Waals surface area contributed by atoms with Gasteiger partial charge in [0.15, 0.2) is 5.58 Å². The largest absolute Gasteiger partial charge is 0.423 e. The van der Waals surface area contributed by atoms with E-state index in [0.717, 1.165) is 12.8 Å². The van der Waals surface area contributed by atoms with E-state index in [1.165, 1.54) is 0 Å². The van der Waals surface area contributed by atoms with Crippen LogP contribution in [0, 0.1) is 0 Å². The van der Waals surface area contributed by atoms with Crippen LogP contribution >= 0.6 is 11.6 Å². The van der Waals surface area contributed by atoms with Gasteiger partial charge in [0.05, 0.1) is 0 Å². The van der Waals surface area contributed by atoms with Gasteiger partial charge in [-0.2, -0.15) is 4.98 Å². The van der Waals surface area contributed by atoms with E-state index in [4.69, 9.17) is 20.8 Å². The smallest absolute Gasteiger partial charge is 0.302 e. The summed E-state index contributed by atoms with van der Waals surface area (Å²) in [7, 11) is 0. The number of rotatable bonds is 6. The SMILES string of the molecule is CCCCOCC(=O)Nc1nc2cc(Cl)ccc2o1. The van der Waals surface area contributed by atoms with Crippen molar-refractivity contribution < 1.29 is 13.9 Å². The van der Waals surface area contributed by atoms with Crippen molar-refractivity contribution in [2.45, 2.75) is 19.8 Å². The fourth-order valence-electron chi connectivity index (χ4n) is 1.52. The topological polar surface area (TPSA) is 64.4 Å². The molecule has 1 N–H and O–H groups in total. The van der Waals surface area contributed by atoms with Crippen LogP contribution in [0.2, 0.25) is 5.02 Å². The molecule has 5 nitrogen and oxygen atoms in total. The van der Waals surface area contributed by atoms with E-state index >= 15 is 0 Å². The van der Waals surface area contributed by atoms with Gasteiger partial charge in [-0.15, -0.1) is 0 Å². The molecule has 6 heteroatoms. The molecule has 2 rings (SSSR count). The standard InChI is InChI=1S/C13H15ClN2O3/c1-2-3-6-18-8-12(17)16-13-15-10-7-9(14)4-5-11(10)19-13/h4-5,7H,2-3,6,8H2,1H3,(H,15,16,17). The monoisotopic (exact) mass is 282 g/mol. The van der Waals surface area contributed by atoms with Gasteiger partial charge in [0, 0.05) is 11.6 Å².